The zero-order valence-electron chi connectivity index (χ0n) is 9.32. The molecule has 0 unspecified atom stereocenters. The molecule has 1 saturated heterocycles. The Bertz CT molecular complexity index is 394. The molecule has 1 amide bonds. The van der Waals surface area contributed by atoms with Crippen LogP contribution in [0.3, 0.4) is 0 Å². The first-order chi connectivity index (χ1) is 7.70. The number of aromatic nitrogens is 1. The molecule has 1 aliphatic rings. The number of nitrogens with zero attached hydrogens (tertiary/aromatic N) is 2. The van der Waals surface area contributed by atoms with Crippen LogP contribution in [0.25, 0.3) is 0 Å². The Morgan fingerprint density at radius 3 is 3.06 bits per heavy atom. The average Bonchev–Trinajstić information content (AvgIpc) is 2.29. The number of carbonyl (C=O) groups excluding carboxylic acids is 1. The van der Waals surface area contributed by atoms with Crippen LogP contribution < -0.4 is 0 Å². The number of hydrogen-bond donors (Lipinski definition) is 0. The summed E-state index contributed by atoms with van der Waals surface area (Å²) in [6, 6.07) is 2.95. The molecule has 1 fully saturated rings. The summed E-state index contributed by atoms with van der Waals surface area (Å²) in [5.41, 5.74) is -0.0590. The van der Waals surface area contributed by atoms with Crippen LogP contribution >= 0.6 is 0 Å². The van der Waals surface area contributed by atoms with E-state index in [2.05, 4.69) is 4.98 Å². The van der Waals surface area contributed by atoms with E-state index in [0.29, 0.717) is 6.54 Å². The summed E-state index contributed by atoms with van der Waals surface area (Å²) in [4.78, 5) is 17.6. The van der Waals surface area contributed by atoms with Crippen molar-refractivity contribution in [3.8, 4) is 0 Å². The van der Waals surface area contributed by atoms with Gasteiger partial charge in [0.2, 0.25) is 0 Å². The quantitative estimate of drug-likeness (QED) is 0.730. The predicted molar refractivity (Wildman–Crippen MR) is 58.5 cm³/mol. The molecule has 1 aliphatic heterocycles. The smallest absolute Gasteiger partial charge is 0.275 e. The largest absolute Gasteiger partial charge is 0.335 e. The van der Waals surface area contributed by atoms with Gasteiger partial charge in [-0.25, -0.2) is 9.37 Å². The molecule has 1 aromatic heterocycles. The van der Waals surface area contributed by atoms with Crippen LogP contribution in [0.1, 0.15) is 36.7 Å². The Morgan fingerprint density at radius 2 is 2.38 bits per heavy atom. The van der Waals surface area contributed by atoms with Gasteiger partial charge in [-0.05, 0) is 38.3 Å². The lowest BCUT2D eigenvalue weighted by Crippen LogP contribution is -2.42. The second kappa shape index (κ2) is 4.60. The highest BCUT2D eigenvalue weighted by atomic mass is 19.1. The molecule has 0 radical (unpaired) electrons. The molecule has 86 valence electrons. The standard InChI is InChI=1S/C12H15FN2O/c1-9-5-2-3-8-15(9)12(16)11-10(13)6-4-7-14-11/h4,6-7,9H,2-3,5,8H2,1H3/t9-/m0/s1. The third-order valence-electron chi connectivity index (χ3n) is 3.02. The number of rotatable bonds is 1. The molecule has 0 saturated carbocycles. The zero-order chi connectivity index (χ0) is 11.5. The highest BCUT2D eigenvalue weighted by Crippen LogP contribution is 2.19. The van der Waals surface area contributed by atoms with Gasteiger partial charge in [-0.3, -0.25) is 4.79 Å². The van der Waals surface area contributed by atoms with E-state index in [1.807, 2.05) is 6.92 Å². The Hall–Kier alpha value is -1.45. The van der Waals surface area contributed by atoms with Crippen LogP contribution in [-0.2, 0) is 0 Å². The normalized spacial score (nSPS) is 20.9. The molecular weight excluding hydrogens is 207 g/mol. The summed E-state index contributed by atoms with van der Waals surface area (Å²) in [6.07, 6.45) is 4.56. The van der Waals surface area contributed by atoms with Crippen molar-refractivity contribution in [3.05, 3.63) is 29.8 Å². The van der Waals surface area contributed by atoms with Gasteiger partial charge in [0.05, 0.1) is 0 Å². The van der Waals surface area contributed by atoms with E-state index in [4.69, 9.17) is 0 Å². The van der Waals surface area contributed by atoms with Crippen molar-refractivity contribution in [2.24, 2.45) is 0 Å². The van der Waals surface area contributed by atoms with Crippen LogP contribution in [0.5, 0.6) is 0 Å². The summed E-state index contributed by atoms with van der Waals surface area (Å²) in [5.74, 6) is -0.824. The van der Waals surface area contributed by atoms with Crippen molar-refractivity contribution >= 4 is 5.91 Å². The molecular formula is C12H15FN2O. The first-order valence-corrected chi connectivity index (χ1v) is 5.61. The first kappa shape index (κ1) is 11.0. The van der Waals surface area contributed by atoms with E-state index in [9.17, 15) is 9.18 Å². The van der Waals surface area contributed by atoms with Gasteiger partial charge < -0.3 is 4.90 Å². The number of carbonyl (C=O) groups is 1. The highest BCUT2D eigenvalue weighted by molar-refractivity contribution is 5.92. The molecule has 2 heterocycles. The fourth-order valence-corrected chi connectivity index (χ4v) is 2.08. The van der Waals surface area contributed by atoms with Gasteiger partial charge in [0, 0.05) is 18.8 Å². The maximum Gasteiger partial charge on any atom is 0.275 e. The maximum absolute atomic E-state index is 13.4. The van der Waals surface area contributed by atoms with E-state index in [1.54, 1.807) is 4.90 Å². The lowest BCUT2D eigenvalue weighted by Gasteiger charge is -2.33. The Labute approximate surface area is 94.3 Å². The molecule has 0 aliphatic carbocycles. The fraction of sp³-hybridized carbons (Fsp3) is 0.500. The minimum absolute atomic E-state index is 0.0590. The summed E-state index contributed by atoms with van der Waals surface area (Å²) >= 11 is 0. The van der Waals surface area contributed by atoms with E-state index in [-0.39, 0.29) is 17.6 Å². The van der Waals surface area contributed by atoms with Gasteiger partial charge >= 0.3 is 0 Å². The van der Waals surface area contributed by atoms with Crippen molar-refractivity contribution in [2.75, 3.05) is 6.54 Å². The van der Waals surface area contributed by atoms with Crippen molar-refractivity contribution in [3.63, 3.8) is 0 Å². The summed E-state index contributed by atoms with van der Waals surface area (Å²) in [5, 5.41) is 0. The van der Waals surface area contributed by atoms with E-state index in [0.717, 1.165) is 19.3 Å². The Kier molecular flexibility index (Phi) is 3.17. The van der Waals surface area contributed by atoms with Gasteiger partial charge in [0.15, 0.2) is 11.5 Å². The number of pyridine rings is 1. The molecule has 2 rings (SSSR count). The Morgan fingerprint density at radius 1 is 1.56 bits per heavy atom. The summed E-state index contributed by atoms with van der Waals surface area (Å²) < 4.78 is 13.4. The number of likely N-dealkylation sites (tertiary alicyclic amines) is 1. The number of hydrogen-bond acceptors (Lipinski definition) is 2. The van der Waals surface area contributed by atoms with Crippen molar-refractivity contribution in [2.45, 2.75) is 32.2 Å². The fourth-order valence-electron chi connectivity index (χ4n) is 2.08. The van der Waals surface area contributed by atoms with Gasteiger partial charge in [0.1, 0.15) is 0 Å². The van der Waals surface area contributed by atoms with Crippen molar-refractivity contribution < 1.29 is 9.18 Å². The lowest BCUT2D eigenvalue weighted by molar-refractivity contribution is 0.0624. The monoisotopic (exact) mass is 222 g/mol. The minimum atomic E-state index is -0.537. The molecule has 4 heteroatoms. The molecule has 0 aromatic carbocycles. The second-order valence-electron chi connectivity index (χ2n) is 4.18. The van der Waals surface area contributed by atoms with Gasteiger partial charge in [-0.1, -0.05) is 0 Å². The maximum atomic E-state index is 13.4. The van der Waals surface area contributed by atoms with Crippen LogP contribution in [0, 0.1) is 5.82 Å². The lowest BCUT2D eigenvalue weighted by atomic mass is 10.0. The van der Waals surface area contributed by atoms with E-state index < -0.39 is 5.82 Å². The van der Waals surface area contributed by atoms with Gasteiger partial charge in [-0.2, -0.15) is 0 Å². The van der Waals surface area contributed by atoms with Gasteiger partial charge in [0.25, 0.3) is 5.91 Å². The Balaban J connectivity index is 2.21. The SMILES string of the molecule is C[C@H]1CCCCN1C(=O)c1ncccc1F. The minimum Gasteiger partial charge on any atom is -0.335 e. The van der Waals surface area contributed by atoms with Crippen LogP contribution in [0.2, 0.25) is 0 Å². The molecule has 0 N–H and O–H groups in total. The van der Waals surface area contributed by atoms with Crippen molar-refractivity contribution in [1.82, 2.24) is 9.88 Å². The summed E-state index contributed by atoms with van der Waals surface area (Å²) in [7, 11) is 0. The summed E-state index contributed by atoms with van der Waals surface area (Å²) in [6.45, 7) is 2.70. The average molecular weight is 222 g/mol. The number of halogens is 1. The highest BCUT2D eigenvalue weighted by Gasteiger charge is 2.26. The molecule has 0 spiro atoms. The predicted octanol–water partition coefficient (Wildman–Crippen LogP) is 2.24. The number of amides is 1. The molecule has 1 atom stereocenters. The topological polar surface area (TPSA) is 33.2 Å². The first-order valence-electron chi connectivity index (χ1n) is 5.61. The third-order valence-corrected chi connectivity index (χ3v) is 3.02. The molecule has 16 heavy (non-hydrogen) atoms. The zero-order valence-corrected chi connectivity index (χ0v) is 9.32. The van der Waals surface area contributed by atoms with E-state index in [1.165, 1.54) is 18.3 Å². The van der Waals surface area contributed by atoms with Crippen LogP contribution in [-0.4, -0.2) is 28.4 Å². The molecule has 3 nitrogen and oxygen atoms in total. The molecule has 1 aromatic rings. The van der Waals surface area contributed by atoms with E-state index >= 15 is 0 Å². The van der Waals surface area contributed by atoms with Crippen LogP contribution in [0.15, 0.2) is 18.3 Å². The van der Waals surface area contributed by atoms with Gasteiger partial charge in [-0.15, -0.1) is 0 Å². The second-order valence-corrected chi connectivity index (χ2v) is 4.18. The third kappa shape index (κ3) is 2.05. The number of piperidine rings is 1. The molecule has 0 bridgehead atoms. The van der Waals surface area contributed by atoms with Crippen molar-refractivity contribution in [1.29, 1.82) is 0 Å². The van der Waals surface area contributed by atoms with Crippen LogP contribution in [0.4, 0.5) is 4.39 Å².